The van der Waals surface area contributed by atoms with E-state index in [1.54, 1.807) is 23.1 Å². The highest BCUT2D eigenvalue weighted by Gasteiger charge is 2.26. The molecule has 1 aliphatic heterocycles. The zero-order valence-electron chi connectivity index (χ0n) is 14.7. The van der Waals surface area contributed by atoms with Crippen LogP contribution in [0.25, 0.3) is 10.6 Å². The van der Waals surface area contributed by atoms with E-state index in [4.69, 9.17) is 9.47 Å². The molecule has 26 heavy (non-hydrogen) atoms. The lowest BCUT2D eigenvalue weighted by Gasteiger charge is -2.32. The number of thiazole rings is 1. The van der Waals surface area contributed by atoms with Crippen LogP contribution in [-0.2, 0) is 18.3 Å². The Morgan fingerprint density at radius 2 is 2.31 bits per heavy atom. The smallest absolute Gasteiger partial charge is 0.181 e. The lowest BCUT2D eigenvalue weighted by atomic mass is 10.1. The van der Waals surface area contributed by atoms with Crippen molar-refractivity contribution in [2.45, 2.75) is 12.6 Å². The minimum Gasteiger partial charge on any atom is -0.496 e. The number of aryl methyl sites for hydroxylation is 1. The van der Waals surface area contributed by atoms with Crippen LogP contribution in [0.4, 0.5) is 0 Å². The van der Waals surface area contributed by atoms with Gasteiger partial charge >= 0.3 is 0 Å². The van der Waals surface area contributed by atoms with E-state index >= 15 is 0 Å². The lowest BCUT2D eigenvalue weighted by molar-refractivity contribution is -0.0388. The molecule has 4 rings (SSSR count). The Labute approximate surface area is 155 Å². The molecule has 8 nitrogen and oxygen atoms in total. The van der Waals surface area contributed by atoms with Gasteiger partial charge in [-0.15, -0.1) is 16.4 Å². The minimum absolute atomic E-state index is 0.111. The van der Waals surface area contributed by atoms with Gasteiger partial charge in [0.1, 0.15) is 16.9 Å². The summed E-state index contributed by atoms with van der Waals surface area (Å²) in [4.78, 5) is 6.78. The van der Waals surface area contributed by atoms with Crippen molar-refractivity contribution in [3.05, 3.63) is 41.2 Å². The van der Waals surface area contributed by atoms with E-state index in [2.05, 4.69) is 37.5 Å². The van der Waals surface area contributed by atoms with Gasteiger partial charge in [-0.2, -0.15) is 0 Å². The Kier molecular flexibility index (Phi) is 4.91. The van der Waals surface area contributed by atoms with Crippen LogP contribution in [0, 0.1) is 0 Å². The van der Waals surface area contributed by atoms with E-state index in [1.165, 1.54) is 5.56 Å². The number of morpholine rings is 1. The van der Waals surface area contributed by atoms with Crippen molar-refractivity contribution in [1.82, 2.24) is 30.1 Å². The molecule has 0 aliphatic carbocycles. The fourth-order valence-corrected chi connectivity index (χ4v) is 3.81. The summed E-state index contributed by atoms with van der Waals surface area (Å²) in [7, 11) is 3.52. The highest BCUT2D eigenvalue weighted by molar-refractivity contribution is 7.13. The molecule has 1 fully saturated rings. The molecular weight excluding hydrogens is 352 g/mol. The summed E-state index contributed by atoms with van der Waals surface area (Å²) in [5.74, 6) is 1.60. The molecule has 3 heterocycles. The van der Waals surface area contributed by atoms with E-state index < -0.39 is 0 Å². The molecule has 0 spiro atoms. The van der Waals surface area contributed by atoms with Crippen molar-refractivity contribution >= 4 is 11.3 Å². The fourth-order valence-electron chi connectivity index (χ4n) is 3.15. The van der Waals surface area contributed by atoms with Gasteiger partial charge in [0, 0.05) is 38.3 Å². The molecule has 136 valence electrons. The zero-order chi connectivity index (χ0) is 17.9. The van der Waals surface area contributed by atoms with Crippen molar-refractivity contribution in [2.75, 3.05) is 26.8 Å². The molecule has 1 aliphatic rings. The van der Waals surface area contributed by atoms with E-state index in [0.717, 1.165) is 41.8 Å². The average Bonchev–Trinajstić information content (AvgIpc) is 3.33. The first-order valence-corrected chi connectivity index (χ1v) is 9.25. The largest absolute Gasteiger partial charge is 0.496 e. The number of rotatable bonds is 5. The summed E-state index contributed by atoms with van der Waals surface area (Å²) in [6, 6.07) is 6.27. The normalized spacial score (nSPS) is 18.2. The molecule has 1 unspecified atom stereocenters. The second-order valence-corrected chi connectivity index (χ2v) is 7.02. The standard InChI is InChI=1S/C17H20N6O2S/c1-22-16(19-20-21-22)15-11-23(6-7-25-15)10-12-3-4-14(24-2)13(9-12)17-18-5-8-26-17/h3-5,8-9,15H,6-7,10-11H2,1-2H3. The Bertz CT molecular complexity index is 866. The van der Waals surface area contributed by atoms with Gasteiger partial charge in [-0.1, -0.05) is 6.07 Å². The Morgan fingerprint density at radius 3 is 3.04 bits per heavy atom. The molecule has 9 heteroatoms. The molecule has 0 N–H and O–H groups in total. The van der Waals surface area contributed by atoms with Gasteiger partial charge < -0.3 is 9.47 Å². The zero-order valence-corrected chi connectivity index (χ0v) is 15.5. The van der Waals surface area contributed by atoms with Crippen LogP contribution in [0.2, 0.25) is 0 Å². The quantitative estimate of drug-likeness (QED) is 0.677. The highest BCUT2D eigenvalue weighted by atomic mass is 32.1. The van der Waals surface area contributed by atoms with Gasteiger partial charge in [-0.3, -0.25) is 4.90 Å². The molecule has 1 atom stereocenters. The maximum atomic E-state index is 5.86. The molecule has 0 amide bonds. The summed E-state index contributed by atoms with van der Waals surface area (Å²) >= 11 is 1.61. The fraction of sp³-hybridized carbons (Fsp3) is 0.412. The predicted octanol–water partition coefficient (Wildman–Crippen LogP) is 1.92. The number of aromatic nitrogens is 5. The first-order valence-electron chi connectivity index (χ1n) is 8.37. The van der Waals surface area contributed by atoms with Gasteiger partial charge in [-0.25, -0.2) is 9.67 Å². The van der Waals surface area contributed by atoms with Gasteiger partial charge in [0.15, 0.2) is 5.82 Å². The second kappa shape index (κ2) is 7.48. The summed E-state index contributed by atoms with van der Waals surface area (Å²) in [5.41, 5.74) is 2.25. The molecular formula is C17H20N6O2S. The number of hydrogen-bond donors (Lipinski definition) is 0. The number of ether oxygens (including phenoxy) is 2. The van der Waals surface area contributed by atoms with Crippen molar-refractivity contribution in [3.8, 4) is 16.3 Å². The van der Waals surface area contributed by atoms with Crippen LogP contribution in [-0.4, -0.2) is 56.9 Å². The van der Waals surface area contributed by atoms with Crippen LogP contribution >= 0.6 is 11.3 Å². The van der Waals surface area contributed by atoms with Crippen LogP contribution in [0.5, 0.6) is 5.75 Å². The summed E-state index contributed by atoms with van der Waals surface area (Å²) in [6.45, 7) is 3.12. The molecule has 1 saturated heterocycles. The van der Waals surface area contributed by atoms with Gasteiger partial charge in [0.25, 0.3) is 0 Å². The summed E-state index contributed by atoms with van der Waals surface area (Å²) in [6.07, 6.45) is 1.70. The number of nitrogens with zero attached hydrogens (tertiary/aromatic N) is 6. The topological polar surface area (TPSA) is 78.2 Å². The molecule has 3 aromatic rings. The lowest BCUT2D eigenvalue weighted by Crippen LogP contribution is -2.38. The molecule has 0 saturated carbocycles. The van der Waals surface area contributed by atoms with Crippen LogP contribution < -0.4 is 4.74 Å². The highest BCUT2D eigenvalue weighted by Crippen LogP contribution is 2.33. The van der Waals surface area contributed by atoms with Crippen LogP contribution in [0.3, 0.4) is 0 Å². The maximum Gasteiger partial charge on any atom is 0.181 e. The number of methoxy groups -OCH3 is 1. The molecule has 2 aromatic heterocycles. The van der Waals surface area contributed by atoms with Crippen molar-refractivity contribution < 1.29 is 9.47 Å². The van der Waals surface area contributed by atoms with E-state index in [-0.39, 0.29) is 6.10 Å². The second-order valence-electron chi connectivity index (χ2n) is 6.13. The van der Waals surface area contributed by atoms with Crippen LogP contribution in [0.1, 0.15) is 17.5 Å². The molecule has 0 bridgehead atoms. The van der Waals surface area contributed by atoms with E-state index in [1.807, 2.05) is 24.7 Å². The first kappa shape index (κ1) is 17.1. The first-order chi connectivity index (χ1) is 12.7. The van der Waals surface area contributed by atoms with Gasteiger partial charge in [-0.05, 0) is 28.1 Å². The predicted molar refractivity (Wildman–Crippen MR) is 96.9 cm³/mol. The molecule has 0 radical (unpaired) electrons. The Hall–Kier alpha value is -2.36. The minimum atomic E-state index is -0.111. The summed E-state index contributed by atoms with van der Waals surface area (Å²) < 4.78 is 13.0. The van der Waals surface area contributed by atoms with Crippen molar-refractivity contribution in [2.24, 2.45) is 7.05 Å². The maximum absolute atomic E-state index is 5.86. The average molecular weight is 372 g/mol. The Morgan fingerprint density at radius 1 is 1.38 bits per heavy atom. The number of hydrogen-bond acceptors (Lipinski definition) is 8. The van der Waals surface area contributed by atoms with Crippen molar-refractivity contribution in [3.63, 3.8) is 0 Å². The SMILES string of the molecule is COc1ccc(CN2CCOC(c3nnnn3C)C2)cc1-c1nccs1. The third-order valence-corrected chi connectivity index (χ3v) is 5.23. The van der Waals surface area contributed by atoms with Crippen molar-refractivity contribution in [1.29, 1.82) is 0 Å². The molecule has 1 aromatic carbocycles. The van der Waals surface area contributed by atoms with E-state index in [0.29, 0.717) is 6.61 Å². The van der Waals surface area contributed by atoms with Crippen LogP contribution in [0.15, 0.2) is 29.8 Å². The third-order valence-electron chi connectivity index (χ3n) is 4.42. The van der Waals surface area contributed by atoms with E-state index in [9.17, 15) is 0 Å². The Balaban J connectivity index is 1.52. The van der Waals surface area contributed by atoms with Gasteiger partial charge in [0.2, 0.25) is 0 Å². The number of benzene rings is 1. The van der Waals surface area contributed by atoms with Gasteiger partial charge in [0.05, 0.1) is 19.3 Å². The monoisotopic (exact) mass is 372 g/mol. The number of tetrazole rings is 1. The third kappa shape index (κ3) is 3.46. The summed E-state index contributed by atoms with van der Waals surface area (Å²) in [5, 5.41) is 14.6.